The fraction of sp³-hybridized carbons (Fsp3) is 0.714. The third-order valence-corrected chi connectivity index (χ3v) is 2.86. The van der Waals surface area contributed by atoms with Gasteiger partial charge in [0.2, 0.25) is 0 Å². The lowest BCUT2D eigenvalue weighted by Gasteiger charge is -2.21. The molecule has 86 valence electrons. The Labute approximate surface area is 94.2 Å². The average Bonchev–Trinajstić information content (AvgIpc) is 2.40. The first-order valence-electron chi connectivity index (χ1n) is 5.98. The van der Waals surface area contributed by atoms with Crippen LogP contribution >= 0.6 is 0 Å². The molecule has 0 radical (unpaired) electrons. The molecule has 0 atom stereocenters. The van der Waals surface area contributed by atoms with E-state index in [0.717, 1.165) is 13.2 Å². The van der Waals surface area contributed by atoms with Gasteiger partial charge in [0, 0.05) is 6.61 Å². The Kier molecular flexibility index (Phi) is 4.59. The molecule has 1 saturated heterocycles. The van der Waals surface area contributed by atoms with Gasteiger partial charge in [-0.2, -0.15) is 0 Å². The van der Waals surface area contributed by atoms with E-state index in [0.29, 0.717) is 0 Å². The summed E-state index contributed by atoms with van der Waals surface area (Å²) >= 11 is 0. The summed E-state index contributed by atoms with van der Waals surface area (Å²) in [6.07, 6.45) is 8.24. The molecule has 1 heterocycles. The summed E-state index contributed by atoms with van der Waals surface area (Å²) in [5, 5.41) is 0. The van der Waals surface area contributed by atoms with Crippen LogP contribution in [0, 0.1) is 5.41 Å². The molecule has 0 bridgehead atoms. The molecule has 1 aliphatic rings. The summed E-state index contributed by atoms with van der Waals surface area (Å²) in [4.78, 5) is 0. The molecule has 1 nitrogen and oxygen atoms in total. The molecule has 0 amide bonds. The van der Waals surface area contributed by atoms with Crippen LogP contribution in [0.15, 0.2) is 23.3 Å². The van der Waals surface area contributed by atoms with Gasteiger partial charge in [-0.1, -0.05) is 32.9 Å². The lowest BCUT2D eigenvalue weighted by molar-refractivity contribution is 0.162. The fourth-order valence-corrected chi connectivity index (χ4v) is 1.90. The number of ether oxygens (including phenoxy) is 1. The zero-order chi connectivity index (χ0) is 11.3. The van der Waals surface area contributed by atoms with E-state index in [9.17, 15) is 0 Å². The van der Waals surface area contributed by atoms with Crippen molar-refractivity contribution in [1.82, 2.24) is 0 Å². The van der Waals surface area contributed by atoms with Crippen LogP contribution in [0.4, 0.5) is 0 Å². The molecule has 1 fully saturated rings. The van der Waals surface area contributed by atoms with Gasteiger partial charge in [-0.05, 0) is 42.7 Å². The highest BCUT2D eigenvalue weighted by molar-refractivity contribution is 5.28. The van der Waals surface area contributed by atoms with E-state index in [1.54, 1.807) is 0 Å². The van der Waals surface area contributed by atoms with E-state index in [1.807, 2.05) is 0 Å². The second kappa shape index (κ2) is 5.50. The smallest absolute Gasteiger partial charge is 0.0679 e. The van der Waals surface area contributed by atoms with Crippen LogP contribution in [0.1, 0.15) is 47.0 Å². The Bertz CT molecular complexity index is 243. The van der Waals surface area contributed by atoms with Crippen molar-refractivity contribution in [2.45, 2.75) is 47.0 Å². The Hall–Kier alpha value is -0.560. The van der Waals surface area contributed by atoms with Crippen LogP contribution < -0.4 is 0 Å². The molecule has 1 heteroatoms. The Morgan fingerprint density at radius 1 is 1.27 bits per heavy atom. The van der Waals surface area contributed by atoms with Crippen LogP contribution in [0.25, 0.3) is 0 Å². The molecule has 0 aromatic carbocycles. The summed E-state index contributed by atoms with van der Waals surface area (Å²) in [5.41, 5.74) is 3.12. The SMILES string of the molecule is C/C=C(\C=C1\CCCCOC1)C(C)(C)C. The average molecular weight is 208 g/mol. The first-order chi connectivity index (χ1) is 7.04. The monoisotopic (exact) mass is 208 g/mol. The first kappa shape index (κ1) is 12.5. The van der Waals surface area contributed by atoms with Gasteiger partial charge in [0.15, 0.2) is 0 Å². The quantitative estimate of drug-likeness (QED) is 0.630. The normalized spacial score (nSPS) is 22.9. The van der Waals surface area contributed by atoms with Crippen LogP contribution in [0.3, 0.4) is 0 Å². The number of hydrogen-bond donors (Lipinski definition) is 0. The second-order valence-electron chi connectivity index (χ2n) is 5.31. The summed E-state index contributed by atoms with van der Waals surface area (Å²) in [5.74, 6) is 0. The molecule has 15 heavy (non-hydrogen) atoms. The van der Waals surface area contributed by atoms with Crippen molar-refractivity contribution in [3.63, 3.8) is 0 Å². The summed E-state index contributed by atoms with van der Waals surface area (Å²) in [6.45, 7) is 10.7. The molecule has 0 spiro atoms. The highest BCUT2D eigenvalue weighted by atomic mass is 16.5. The van der Waals surface area contributed by atoms with Gasteiger partial charge in [-0.3, -0.25) is 0 Å². The third-order valence-electron chi connectivity index (χ3n) is 2.86. The van der Waals surface area contributed by atoms with Gasteiger partial charge >= 0.3 is 0 Å². The third kappa shape index (κ3) is 4.21. The molecule has 0 saturated carbocycles. The molecule has 1 rings (SSSR count). The molecule has 0 unspecified atom stereocenters. The predicted octanol–water partition coefficient (Wildman–Crippen LogP) is 4.11. The molecule has 0 aromatic rings. The molecular formula is C14H24O. The van der Waals surface area contributed by atoms with E-state index >= 15 is 0 Å². The van der Waals surface area contributed by atoms with Gasteiger partial charge in [0.25, 0.3) is 0 Å². The maximum Gasteiger partial charge on any atom is 0.0679 e. The van der Waals surface area contributed by atoms with Gasteiger partial charge in [0.1, 0.15) is 0 Å². The lowest BCUT2D eigenvalue weighted by Crippen LogP contribution is -2.08. The van der Waals surface area contributed by atoms with Crippen molar-refractivity contribution >= 4 is 0 Å². The standard InChI is InChI=1S/C14H24O/c1-5-13(14(2,3)4)10-12-8-6-7-9-15-11-12/h5,10H,6-9,11H2,1-4H3/b12-10-,13-5+. The highest BCUT2D eigenvalue weighted by Gasteiger charge is 2.15. The largest absolute Gasteiger partial charge is 0.377 e. The molecular weight excluding hydrogens is 184 g/mol. The van der Waals surface area contributed by atoms with Crippen molar-refractivity contribution in [3.05, 3.63) is 23.3 Å². The van der Waals surface area contributed by atoms with E-state index < -0.39 is 0 Å². The van der Waals surface area contributed by atoms with Crippen molar-refractivity contribution in [3.8, 4) is 0 Å². The van der Waals surface area contributed by atoms with E-state index in [-0.39, 0.29) is 5.41 Å². The van der Waals surface area contributed by atoms with Crippen LogP contribution in [0.2, 0.25) is 0 Å². The van der Waals surface area contributed by atoms with Crippen molar-refractivity contribution in [1.29, 1.82) is 0 Å². The lowest BCUT2D eigenvalue weighted by atomic mass is 9.85. The first-order valence-corrected chi connectivity index (χ1v) is 5.98. The summed E-state index contributed by atoms with van der Waals surface area (Å²) in [6, 6.07) is 0. The molecule has 1 aliphatic heterocycles. The van der Waals surface area contributed by atoms with Crippen molar-refractivity contribution in [2.75, 3.05) is 13.2 Å². The topological polar surface area (TPSA) is 9.23 Å². The Morgan fingerprint density at radius 3 is 2.60 bits per heavy atom. The van der Waals surface area contributed by atoms with Crippen molar-refractivity contribution < 1.29 is 4.74 Å². The van der Waals surface area contributed by atoms with Crippen LogP contribution in [-0.2, 0) is 4.74 Å². The van der Waals surface area contributed by atoms with Crippen LogP contribution in [-0.4, -0.2) is 13.2 Å². The minimum Gasteiger partial charge on any atom is -0.377 e. The van der Waals surface area contributed by atoms with Gasteiger partial charge in [-0.15, -0.1) is 0 Å². The van der Waals surface area contributed by atoms with E-state index in [4.69, 9.17) is 4.74 Å². The second-order valence-corrected chi connectivity index (χ2v) is 5.31. The maximum atomic E-state index is 5.57. The summed E-state index contributed by atoms with van der Waals surface area (Å²) in [7, 11) is 0. The number of rotatable bonds is 1. The van der Waals surface area contributed by atoms with E-state index in [1.165, 1.54) is 30.4 Å². The minimum atomic E-state index is 0.244. The number of allylic oxidation sites excluding steroid dienone is 3. The number of hydrogen-bond acceptors (Lipinski definition) is 1. The van der Waals surface area contributed by atoms with Gasteiger partial charge < -0.3 is 4.74 Å². The van der Waals surface area contributed by atoms with Crippen molar-refractivity contribution in [2.24, 2.45) is 5.41 Å². The van der Waals surface area contributed by atoms with E-state index in [2.05, 4.69) is 39.8 Å². The zero-order valence-electron chi connectivity index (χ0n) is 10.6. The molecule has 0 aromatic heterocycles. The van der Waals surface area contributed by atoms with Crippen LogP contribution in [0.5, 0.6) is 0 Å². The Balaban J connectivity index is 2.74. The highest BCUT2D eigenvalue weighted by Crippen LogP contribution is 2.28. The Morgan fingerprint density at radius 2 is 2.00 bits per heavy atom. The zero-order valence-corrected chi connectivity index (χ0v) is 10.6. The molecule has 0 aliphatic carbocycles. The maximum absolute atomic E-state index is 5.57. The predicted molar refractivity (Wildman–Crippen MR) is 66.0 cm³/mol. The van der Waals surface area contributed by atoms with Gasteiger partial charge in [0.05, 0.1) is 6.61 Å². The molecule has 0 N–H and O–H groups in total. The van der Waals surface area contributed by atoms with Gasteiger partial charge in [-0.25, -0.2) is 0 Å². The fourth-order valence-electron chi connectivity index (χ4n) is 1.90. The minimum absolute atomic E-state index is 0.244. The summed E-state index contributed by atoms with van der Waals surface area (Å²) < 4.78 is 5.57.